The Balaban J connectivity index is 2.28. The van der Waals surface area contributed by atoms with Gasteiger partial charge in [-0.3, -0.25) is 0 Å². The van der Waals surface area contributed by atoms with Gasteiger partial charge in [0.05, 0.1) is 13.0 Å². The number of anilines is 1. The van der Waals surface area contributed by atoms with E-state index in [4.69, 9.17) is 0 Å². The fourth-order valence-electron chi connectivity index (χ4n) is 2.69. The van der Waals surface area contributed by atoms with Gasteiger partial charge in [-0.1, -0.05) is 36.4 Å². The first kappa shape index (κ1) is 21.1. The summed E-state index contributed by atoms with van der Waals surface area (Å²) in [6, 6.07) is 12.3. The molecule has 0 aliphatic heterocycles. The van der Waals surface area contributed by atoms with Gasteiger partial charge in [0.15, 0.2) is 6.10 Å². The molecule has 0 aromatic heterocycles. The van der Waals surface area contributed by atoms with E-state index in [0.29, 0.717) is 11.3 Å². The highest BCUT2D eigenvalue weighted by Gasteiger charge is 2.39. The minimum Gasteiger partial charge on any atom is -0.382 e. The van der Waals surface area contributed by atoms with Crippen molar-refractivity contribution in [3.63, 3.8) is 0 Å². The van der Waals surface area contributed by atoms with Crippen molar-refractivity contribution in [1.82, 2.24) is 0 Å². The van der Waals surface area contributed by atoms with Crippen LogP contribution < -0.4 is 4.90 Å². The summed E-state index contributed by atoms with van der Waals surface area (Å²) in [4.78, 5) is 1.30. The highest BCUT2D eigenvalue weighted by molar-refractivity contribution is 5.49. The van der Waals surface area contributed by atoms with Crippen LogP contribution >= 0.6 is 0 Å². The van der Waals surface area contributed by atoms with Crippen molar-refractivity contribution in [2.75, 3.05) is 11.4 Å². The lowest BCUT2D eigenvalue weighted by atomic mass is 10.1. The predicted octanol–water partition coefficient (Wildman–Crippen LogP) is 5.03. The van der Waals surface area contributed by atoms with E-state index in [2.05, 4.69) is 0 Å². The van der Waals surface area contributed by atoms with Crippen molar-refractivity contribution >= 4 is 5.69 Å². The van der Waals surface area contributed by atoms with Gasteiger partial charge in [0.25, 0.3) is 0 Å². The first-order chi connectivity index (χ1) is 12.4. The van der Waals surface area contributed by atoms with Crippen molar-refractivity contribution in [2.45, 2.75) is 38.3 Å². The highest BCUT2D eigenvalue weighted by Crippen LogP contribution is 2.26. The molecule has 1 atom stereocenters. The molecule has 1 N–H and O–H groups in total. The molecule has 27 heavy (non-hydrogen) atoms. The number of alkyl halides is 6. The van der Waals surface area contributed by atoms with Gasteiger partial charge in [0.1, 0.15) is 0 Å². The Labute approximate surface area is 153 Å². The standard InChI is InChI=1S/C19H19F6NO/c1-13-4-2-7-16(8-13)26(12-17(27)19(23,24)25)11-15-6-3-5-14(9-15)10-18(20,21)22/h2-9,17,27H,10-12H2,1H3. The molecule has 0 amide bonds. The number of hydrogen-bond acceptors (Lipinski definition) is 2. The maximum Gasteiger partial charge on any atom is 0.416 e. The number of rotatable bonds is 6. The summed E-state index contributed by atoms with van der Waals surface area (Å²) in [5, 5.41) is 9.46. The fraction of sp³-hybridized carbons (Fsp3) is 0.368. The van der Waals surface area contributed by atoms with E-state index in [1.165, 1.54) is 23.1 Å². The van der Waals surface area contributed by atoms with Crippen LogP contribution in [0.25, 0.3) is 0 Å². The second-order valence-electron chi connectivity index (χ2n) is 6.39. The zero-order valence-corrected chi connectivity index (χ0v) is 14.5. The van der Waals surface area contributed by atoms with Crippen LogP contribution in [0.1, 0.15) is 16.7 Å². The molecule has 148 valence electrons. The minimum atomic E-state index is -4.79. The molecular formula is C19H19F6NO. The van der Waals surface area contributed by atoms with Crippen molar-refractivity contribution in [3.8, 4) is 0 Å². The summed E-state index contributed by atoms with van der Waals surface area (Å²) in [6.45, 7) is 0.977. The van der Waals surface area contributed by atoms with Crippen LogP contribution in [0.5, 0.6) is 0 Å². The predicted molar refractivity (Wildman–Crippen MR) is 90.5 cm³/mol. The summed E-state index contributed by atoms with van der Waals surface area (Å²) >= 11 is 0. The van der Waals surface area contributed by atoms with E-state index < -0.39 is 31.4 Å². The molecule has 8 heteroatoms. The lowest BCUT2D eigenvalue weighted by Crippen LogP contribution is -2.40. The van der Waals surface area contributed by atoms with Gasteiger partial charge in [-0.05, 0) is 35.7 Å². The third-order valence-corrected chi connectivity index (χ3v) is 3.91. The quantitative estimate of drug-likeness (QED) is 0.699. The number of aryl methyl sites for hydroxylation is 1. The van der Waals surface area contributed by atoms with Crippen molar-refractivity contribution in [3.05, 3.63) is 65.2 Å². The number of halogens is 6. The molecule has 0 fully saturated rings. The van der Waals surface area contributed by atoms with Crippen LogP contribution in [-0.2, 0) is 13.0 Å². The molecule has 0 saturated heterocycles. The van der Waals surface area contributed by atoms with Gasteiger partial charge >= 0.3 is 12.4 Å². The first-order valence-corrected chi connectivity index (χ1v) is 8.15. The maximum absolute atomic E-state index is 12.8. The van der Waals surface area contributed by atoms with Gasteiger partial charge in [0.2, 0.25) is 0 Å². The Bertz CT molecular complexity index is 756. The van der Waals surface area contributed by atoms with Gasteiger partial charge in [-0.2, -0.15) is 26.3 Å². The van der Waals surface area contributed by atoms with Crippen LogP contribution in [0.15, 0.2) is 48.5 Å². The number of aliphatic hydroxyl groups is 1. The molecule has 0 aliphatic rings. The molecule has 2 rings (SSSR count). The van der Waals surface area contributed by atoms with E-state index in [1.807, 2.05) is 0 Å². The molecule has 2 aromatic rings. The summed E-state index contributed by atoms with van der Waals surface area (Å²) in [6.07, 6.45) is -12.9. The molecule has 0 bridgehead atoms. The van der Waals surface area contributed by atoms with E-state index in [9.17, 15) is 31.4 Å². The molecule has 2 nitrogen and oxygen atoms in total. The zero-order chi connectivity index (χ0) is 20.2. The van der Waals surface area contributed by atoms with Gasteiger partial charge in [0, 0.05) is 12.2 Å². The van der Waals surface area contributed by atoms with Gasteiger partial charge in [-0.25, -0.2) is 0 Å². The Kier molecular flexibility index (Phi) is 6.41. The van der Waals surface area contributed by atoms with E-state index in [0.717, 1.165) is 5.56 Å². The van der Waals surface area contributed by atoms with Crippen LogP contribution in [-0.4, -0.2) is 30.1 Å². The average Bonchev–Trinajstić information content (AvgIpc) is 2.52. The third-order valence-electron chi connectivity index (χ3n) is 3.91. The zero-order valence-electron chi connectivity index (χ0n) is 14.5. The number of nitrogens with zero attached hydrogens (tertiary/aromatic N) is 1. The molecule has 1 unspecified atom stereocenters. The van der Waals surface area contributed by atoms with E-state index in [1.54, 1.807) is 37.3 Å². The number of benzene rings is 2. The summed E-state index contributed by atoms with van der Waals surface area (Å²) in [7, 11) is 0. The lowest BCUT2D eigenvalue weighted by molar-refractivity contribution is -0.200. The SMILES string of the molecule is Cc1cccc(N(Cc2cccc(CC(F)(F)F)c2)CC(O)C(F)(F)F)c1. The Morgan fingerprint density at radius 2 is 1.56 bits per heavy atom. The van der Waals surface area contributed by atoms with E-state index in [-0.39, 0.29) is 12.1 Å². The van der Waals surface area contributed by atoms with Crippen molar-refractivity contribution < 1.29 is 31.4 Å². The molecule has 0 saturated carbocycles. The normalized spacial score (nSPS) is 13.5. The van der Waals surface area contributed by atoms with E-state index >= 15 is 0 Å². The second-order valence-corrected chi connectivity index (χ2v) is 6.39. The lowest BCUT2D eigenvalue weighted by Gasteiger charge is -2.29. The largest absolute Gasteiger partial charge is 0.416 e. The smallest absolute Gasteiger partial charge is 0.382 e. The summed E-state index contributed by atoms with van der Waals surface area (Å²) < 4.78 is 76.1. The summed E-state index contributed by atoms with van der Waals surface area (Å²) in [5.41, 5.74) is 1.71. The third kappa shape index (κ3) is 6.78. The monoisotopic (exact) mass is 391 g/mol. The van der Waals surface area contributed by atoms with Gasteiger partial charge in [-0.15, -0.1) is 0 Å². The molecule has 0 spiro atoms. The average molecular weight is 391 g/mol. The Morgan fingerprint density at radius 3 is 2.15 bits per heavy atom. The van der Waals surface area contributed by atoms with Crippen LogP contribution in [0, 0.1) is 6.92 Å². The molecule has 0 heterocycles. The highest BCUT2D eigenvalue weighted by atomic mass is 19.4. The number of hydrogen-bond donors (Lipinski definition) is 1. The second kappa shape index (κ2) is 8.21. The van der Waals surface area contributed by atoms with Crippen LogP contribution in [0.4, 0.5) is 32.0 Å². The molecule has 0 aliphatic carbocycles. The minimum absolute atomic E-state index is 0.0283. The fourth-order valence-corrected chi connectivity index (χ4v) is 2.69. The Hall–Kier alpha value is -2.22. The van der Waals surface area contributed by atoms with Crippen LogP contribution in [0.3, 0.4) is 0 Å². The van der Waals surface area contributed by atoms with Crippen molar-refractivity contribution in [1.29, 1.82) is 0 Å². The number of aliphatic hydroxyl groups excluding tert-OH is 1. The van der Waals surface area contributed by atoms with Gasteiger partial charge < -0.3 is 10.0 Å². The topological polar surface area (TPSA) is 23.5 Å². The molecule has 0 radical (unpaired) electrons. The molecular weight excluding hydrogens is 372 g/mol. The first-order valence-electron chi connectivity index (χ1n) is 8.15. The molecule has 2 aromatic carbocycles. The van der Waals surface area contributed by atoms with Crippen LogP contribution in [0.2, 0.25) is 0 Å². The maximum atomic E-state index is 12.8. The summed E-state index contributed by atoms with van der Waals surface area (Å²) in [5.74, 6) is 0. The van der Waals surface area contributed by atoms with Crippen molar-refractivity contribution in [2.24, 2.45) is 0 Å². The Morgan fingerprint density at radius 1 is 0.926 bits per heavy atom.